The smallest absolute Gasteiger partial charge is 0.320 e. The van der Waals surface area contributed by atoms with E-state index in [1.165, 1.54) is 18.2 Å². The summed E-state index contributed by atoms with van der Waals surface area (Å²) >= 11 is 5.97. The van der Waals surface area contributed by atoms with Crippen molar-refractivity contribution in [2.75, 3.05) is 24.7 Å². The number of nitrogens with one attached hydrogen (secondary N) is 1. The Morgan fingerprint density at radius 2 is 2.08 bits per heavy atom. The van der Waals surface area contributed by atoms with Crippen LogP contribution in [0.15, 0.2) is 23.1 Å². The number of benzene rings is 1. The number of aliphatic carboxylic acids is 1. The first-order chi connectivity index (χ1) is 10.7. The fourth-order valence-electron chi connectivity index (χ4n) is 2.50. The van der Waals surface area contributed by atoms with Gasteiger partial charge in [-0.2, -0.15) is 0 Å². The van der Waals surface area contributed by atoms with E-state index in [-0.39, 0.29) is 34.6 Å². The van der Waals surface area contributed by atoms with Gasteiger partial charge in [-0.25, -0.2) is 8.42 Å². The van der Waals surface area contributed by atoms with Crippen molar-refractivity contribution in [3.05, 3.63) is 23.2 Å². The lowest BCUT2D eigenvalue weighted by Gasteiger charge is -2.20. The van der Waals surface area contributed by atoms with Gasteiger partial charge in [-0.15, -0.1) is 12.4 Å². The van der Waals surface area contributed by atoms with E-state index in [4.69, 9.17) is 16.7 Å². The molecule has 24 heavy (non-hydrogen) atoms. The van der Waals surface area contributed by atoms with Crippen LogP contribution < -0.4 is 5.32 Å². The van der Waals surface area contributed by atoms with Crippen LogP contribution in [0, 0.1) is 0 Å². The molecule has 0 spiro atoms. The third-order valence-corrected chi connectivity index (χ3v) is 5.08. The van der Waals surface area contributed by atoms with Gasteiger partial charge < -0.3 is 10.4 Å². The molecular formula is C14H18Cl2N2O5S. The number of nitrogens with zero attached hydrogens (tertiary/aromatic N) is 1. The molecule has 1 atom stereocenters. The third kappa shape index (κ3) is 5.07. The molecule has 0 aromatic heterocycles. The summed E-state index contributed by atoms with van der Waals surface area (Å²) in [6, 6.07) is 3.37. The van der Waals surface area contributed by atoms with Gasteiger partial charge in [0.1, 0.15) is 6.04 Å². The highest BCUT2D eigenvalue weighted by Crippen LogP contribution is 2.25. The molecule has 1 aromatic carbocycles. The Bertz CT molecular complexity index is 739. The summed E-state index contributed by atoms with van der Waals surface area (Å²) in [5, 5.41) is 11.8. The van der Waals surface area contributed by atoms with E-state index in [9.17, 15) is 18.0 Å². The molecule has 2 rings (SSSR count). The second-order valence-corrected chi connectivity index (χ2v) is 7.85. The van der Waals surface area contributed by atoms with Crippen molar-refractivity contribution >= 4 is 51.4 Å². The van der Waals surface area contributed by atoms with Crippen molar-refractivity contribution in [1.82, 2.24) is 4.90 Å². The van der Waals surface area contributed by atoms with Crippen LogP contribution in [-0.4, -0.2) is 55.7 Å². The summed E-state index contributed by atoms with van der Waals surface area (Å²) in [6.07, 6.45) is 2.28. The number of halogens is 2. The fourth-order valence-corrected chi connectivity index (χ4v) is 3.31. The molecule has 2 N–H and O–H groups in total. The molecule has 1 saturated heterocycles. The highest BCUT2D eigenvalue weighted by atomic mass is 35.5. The first kappa shape index (κ1) is 20.7. The molecule has 0 aliphatic carbocycles. The second-order valence-electron chi connectivity index (χ2n) is 5.43. The molecule has 1 amide bonds. The van der Waals surface area contributed by atoms with Crippen molar-refractivity contribution in [1.29, 1.82) is 0 Å². The first-order valence-electron chi connectivity index (χ1n) is 6.95. The molecule has 0 saturated carbocycles. The second kappa shape index (κ2) is 8.15. The van der Waals surface area contributed by atoms with Gasteiger partial charge in [-0.3, -0.25) is 14.5 Å². The van der Waals surface area contributed by atoms with E-state index in [0.29, 0.717) is 19.4 Å². The summed E-state index contributed by atoms with van der Waals surface area (Å²) in [5.74, 6) is -1.39. The number of rotatable bonds is 5. The zero-order valence-electron chi connectivity index (χ0n) is 12.9. The summed E-state index contributed by atoms with van der Waals surface area (Å²) in [4.78, 5) is 24.8. The average molecular weight is 397 g/mol. The quantitative estimate of drug-likeness (QED) is 0.783. The minimum atomic E-state index is -3.42. The predicted molar refractivity (Wildman–Crippen MR) is 92.7 cm³/mol. The fraction of sp³-hybridized carbons (Fsp3) is 0.429. The normalized spacial score (nSPS) is 18.0. The molecule has 1 aliphatic rings. The topological polar surface area (TPSA) is 104 Å². The molecule has 1 aliphatic heterocycles. The number of carboxylic acid groups (broad SMARTS) is 1. The number of hydrogen-bond acceptors (Lipinski definition) is 5. The minimum absolute atomic E-state index is 0. The maximum atomic E-state index is 12.1. The van der Waals surface area contributed by atoms with Gasteiger partial charge in [0.25, 0.3) is 0 Å². The number of anilines is 1. The molecule has 10 heteroatoms. The number of hydrogen-bond donors (Lipinski definition) is 2. The standard InChI is InChI=1S/C14H17ClN2O5S.ClH/c1-23(21,22)9-4-5-10(15)11(7-9)16-13(18)8-17-6-2-3-12(17)14(19)20;/h4-5,7,12H,2-3,6,8H2,1H3,(H,16,18)(H,19,20);1H. The number of carboxylic acids is 1. The lowest BCUT2D eigenvalue weighted by molar-refractivity contribution is -0.142. The molecular weight excluding hydrogens is 379 g/mol. The van der Waals surface area contributed by atoms with Gasteiger partial charge in [0.15, 0.2) is 9.84 Å². The molecule has 1 heterocycles. The molecule has 1 unspecified atom stereocenters. The van der Waals surface area contributed by atoms with Gasteiger partial charge in [-0.1, -0.05) is 11.6 Å². The molecule has 1 aromatic rings. The highest BCUT2D eigenvalue weighted by molar-refractivity contribution is 7.90. The lowest BCUT2D eigenvalue weighted by Crippen LogP contribution is -2.40. The van der Waals surface area contributed by atoms with Crippen LogP contribution in [0.5, 0.6) is 0 Å². The number of carbonyl (C=O) groups excluding carboxylic acids is 1. The van der Waals surface area contributed by atoms with Crippen molar-refractivity contribution in [2.45, 2.75) is 23.8 Å². The molecule has 134 valence electrons. The van der Waals surface area contributed by atoms with E-state index < -0.39 is 27.8 Å². The van der Waals surface area contributed by atoms with E-state index >= 15 is 0 Å². The van der Waals surface area contributed by atoms with Gasteiger partial charge in [0, 0.05) is 6.26 Å². The zero-order valence-corrected chi connectivity index (χ0v) is 15.2. The molecule has 0 radical (unpaired) electrons. The Labute approximate surface area is 151 Å². The maximum absolute atomic E-state index is 12.1. The minimum Gasteiger partial charge on any atom is -0.480 e. The number of amides is 1. The van der Waals surface area contributed by atoms with Gasteiger partial charge in [0.05, 0.1) is 22.2 Å². The van der Waals surface area contributed by atoms with Crippen LogP contribution in [0.2, 0.25) is 5.02 Å². The van der Waals surface area contributed by atoms with Crippen LogP contribution in [-0.2, 0) is 19.4 Å². The van der Waals surface area contributed by atoms with Crippen LogP contribution in [0.3, 0.4) is 0 Å². The highest BCUT2D eigenvalue weighted by Gasteiger charge is 2.31. The Morgan fingerprint density at radius 1 is 1.42 bits per heavy atom. The molecule has 0 bridgehead atoms. The van der Waals surface area contributed by atoms with Crippen LogP contribution >= 0.6 is 24.0 Å². The van der Waals surface area contributed by atoms with Crippen molar-refractivity contribution in [3.8, 4) is 0 Å². The van der Waals surface area contributed by atoms with E-state index in [0.717, 1.165) is 6.26 Å². The van der Waals surface area contributed by atoms with E-state index in [1.807, 2.05) is 0 Å². The van der Waals surface area contributed by atoms with Gasteiger partial charge >= 0.3 is 5.97 Å². The summed E-state index contributed by atoms with van der Waals surface area (Å²) in [7, 11) is -3.42. The average Bonchev–Trinajstić information content (AvgIpc) is 2.88. The Balaban J connectivity index is 0.00000288. The van der Waals surface area contributed by atoms with Gasteiger partial charge in [0.2, 0.25) is 5.91 Å². The van der Waals surface area contributed by atoms with Crippen LogP contribution in [0.25, 0.3) is 0 Å². The van der Waals surface area contributed by atoms with Crippen molar-refractivity contribution in [3.63, 3.8) is 0 Å². The van der Waals surface area contributed by atoms with Crippen LogP contribution in [0.1, 0.15) is 12.8 Å². The van der Waals surface area contributed by atoms with Crippen molar-refractivity contribution < 1.29 is 23.1 Å². The van der Waals surface area contributed by atoms with E-state index in [1.54, 1.807) is 4.90 Å². The molecule has 1 fully saturated rings. The summed E-state index contributed by atoms with van der Waals surface area (Å²) in [5.41, 5.74) is 0.186. The summed E-state index contributed by atoms with van der Waals surface area (Å²) < 4.78 is 23.1. The number of carbonyl (C=O) groups is 2. The van der Waals surface area contributed by atoms with E-state index in [2.05, 4.69) is 5.32 Å². The largest absolute Gasteiger partial charge is 0.480 e. The Hall–Kier alpha value is -1.35. The number of likely N-dealkylation sites (tertiary alicyclic amines) is 1. The monoisotopic (exact) mass is 396 g/mol. The van der Waals surface area contributed by atoms with Crippen molar-refractivity contribution in [2.24, 2.45) is 0 Å². The number of sulfone groups is 1. The third-order valence-electron chi connectivity index (χ3n) is 3.64. The zero-order chi connectivity index (χ0) is 17.2. The molecule has 7 nitrogen and oxygen atoms in total. The predicted octanol–water partition coefficient (Wildman–Crippen LogP) is 1.65. The SMILES string of the molecule is CS(=O)(=O)c1ccc(Cl)c(NC(=O)CN2CCCC2C(=O)O)c1.Cl. The maximum Gasteiger partial charge on any atom is 0.320 e. The summed E-state index contributed by atoms with van der Waals surface area (Å²) in [6.45, 7) is 0.442. The van der Waals surface area contributed by atoms with Crippen LogP contribution in [0.4, 0.5) is 5.69 Å². The Kier molecular flexibility index (Phi) is 7.03. The Morgan fingerprint density at radius 3 is 2.67 bits per heavy atom. The lowest BCUT2D eigenvalue weighted by atomic mass is 10.2. The first-order valence-corrected chi connectivity index (χ1v) is 9.22. The van der Waals surface area contributed by atoms with Gasteiger partial charge in [-0.05, 0) is 37.6 Å².